The molecule has 3 aromatic rings. The average molecular weight is 545 g/mol. The Hall–Kier alpha value is -3.44. The first-order chi connectivity index (χ1) is 19.0. The number of aryl methyl sites for hydroxylation is 1. The summed E-state index contributed by atoms with van der Waals surface area (Å²) in [5, 5.41) is 17.1. The Kier molecular flexibility index (Phi) is 12.7. The number of unbranched alkanes of at least 4 members (excludes halogenated alkanes) is 12. The zero-order valence-electron chi connectivity index (χ0n) is 23.2. The highest BCUT2D eigenvalue weighted by atomic mass is 16.5. The zero-order valence-corrected chi connectivity index (χ0v) is 23.2. The molecule has 3 heterocycles. The van der Waals surface area contributed by atoms with Gasteiger partial charge in [0.25, 0.3) is 0 Å². The summed E-state index contributed by atoms with van der Waals surface area (Å²) in [5.74, 6) is -0.513. The van der Waals surface area contributed by atoms with Gasteiger partial charge in [0.2, 0.25) is 0 Å². The second kappa shape index (κ2) is 16.5. The van der Waals surface area contributed by atoms with Gasteiger partial charge in [0.05, 0.1) is 19.3 Å². The summed E-state index contributed by atoms with van der Waals surface area (Å²) in [5.41, 5.74) is 7.15. The number of nitrogens with zero attached hydrogens (tertiary/aromatic N) is 6. The van der Waals surface area contributed by atoms with E-state index in [1.165, 1.54) is 49.5 Å². The number of carbonyl (C=O) groups is 1. The highest BCUT2D eigenvalue weighted by Crippen LogP contribution is 2.18. The molecule has 0 atom stereocenters. The lowest BCUT2D eigenvalue weighted by molar-refractivity contribution is -0.137. The van der Waals surface area contributed by atoms with Crippen molar-refractivity contribution in [1.29, 1.82) is 0 Å². The Labute approximate surface area is 229 Å². The molecule has 0 radical (unpaired) electrons. The monoisotopic (exact) mass is 544 g/mol. The summed E-state index contributed by atoms with van der Waals surface area (Å²) in [6.45, 7) is 3.58. The van der Waals surface area contributed by atoms with Crippen LogP contribution in [0.4, 0.5) is 5.82 Å². The van der Waals surface area contributed by atoms with Gasteiger partial charge in [-0.1, -0.05) is 82.8 Å². The average Bonchev–Trinajstić information content (AvgIpc) is 3.48. The van der Waals surface area contributed by atoms with Crippen LogP contribution in [0.15, 0.2) is 11.0 Å². The van der Waals surface area contributed by atoms with Gasteiger partial charge < -0.3 is 20.6 Å². The third-order valence-electron chi connectivity index (χ3n) is 6.79. The number of carboxylic acids is 1. The smallest absolute Gasteiger partial charge is 0.328 e. The number of fused-ring (bicyclic) bond motifs is 1. The van der Waals surface area contributed by atoms with E-state index in [0.29, 0.717) is 29.9 Å². The van der Waals surface area contributed by atoms with Gasteiger partial charge in [-0.2, -0.15) is 9.97 Å². The predicted octanol–water partition coefficient (Wildman–Crippen LogP) is 4.68. The first-order valence-electron chi connectivity index (χ1n) is 14.5. The summed E-state index contributed by atoms with van der Waals surface area (Å²) in [7, 11) is 0. The number of hydrogen-bond donors (Lipinski definition) is 3. The molecule has 0 saturated carbocycles. The predicted molar refractivity (Wildman–Crippen MR) is 150 cm³/mol. The van der Waals surface area contributed by atoms with Crippen LogP contribution < -0.4 is 16.2 Å². The zero-order chi connectivity index (χ0) is 27.9. The van der Waals surface area contributed by atoms with Crippen molar-refractivity contribution < 1.29 is 14.6 Å². The molecule has 0 fully saturated rings. The molecule has 12 nitrogen and oxygen atoms in total. The molecule has 39 heavy (non-hydrogen) atoms. The molecule has 0 spiro atoms. The maximum absolute atomic E-state index is 12.6. The first kappa shape index (κ1) is 30.1. The van der Waals surface area contributed by atoms with Gasteiger partial charge in [0, 0.05) is 13.0 Å². The van der Waals surface area contributed by atoms with Crippen molar-refractivity contribution in [1.82, 2.24) is 34.5 Å². The number of imidazole rings is 1. The molecule has 12 heteroatoms. The van der Waals surface area contributed by atoms with E-state index in [9.17, 15) is 9.59 Å². The topological polar surface area (TPSA) is 167 Å². The summed E-state index contributed by atoms with van der Waals surface area (Å²) in [4.78, 5) is 34.3. The SMILES string of the molecule is CCCCOc1nc(N)c2[nH]c(=O)n(Cc3cn(CCCCCCCCCCCCCCC(=O)O)nn3)c2n1. The fraction of sp³-hybridized carbons (Fsp3) is 0.704. The second-order valence-corrected chi connectivity index (χ2v) is 10.2. The number of ether oxygens (including phenoxy) is 1. The maximum Gasteiger partial charge on any atom is 0.328 e. The number of rotatable bonds is 21. The molecular weight excluding hydrogens is 500 g/mol. The highest BCUT2D eigenvalue weighted by molar-refractivity contribution is 5.81. The number of nitrogens with two attached hydrogens (primary N) is 1. The van der Waals surface area contributed by atoms with Crippen molar-refractivity contribution in [3.05, 3.63) is 22.4 Å². The summed E-state index contributed by atoms with van der Waals surface area (Å²) < 4.78 is 8.90. The maximum atomic E-state index is 12.6. The Morgan fingerprint density at radius 1 is 0.974 bits per heavy atom. The molecule has 0 aliphatic heterocycles. The number of nitrogens with one attached hydrogen (secondary N) is 1. The molecule has 0 unspecified atom stereocenters. The van der Waals surface area contributed by atoms with Crippen LogP contribution in [0.5, 0.6) is 6.01 Å². The molecule has 3 rings (SSSR count). The van der Waals surface area contributed by atoms with E-state index in [-0.39, 0.29) is 24.1 Å². The van der Waals surface area contributed by atoms with Gasteiger partial charge in [-0.15, -0.1) is 5.10 Å². The van der Waals surface area contributed by atoms with Crippen LogP contribution in [0.2, 0.25) is 0 Å². The van der Waals surface area contributed by atoms with Crippen LogP contribution in [0.1, 0.15) is 109 Å². The minimum atomic E-state index is -0.690. The fourth-order valence-corrected chi connectivity index (χ4v) is 4.55. The van der Waals surface area contributed by atoms with Gasteiger partial charge in [0.1, 0.15) is 11.2 Å². The molecule has 0 amide bonds. The number of hydrogen-bond acceptors (Lipinski definition) is 8. The van der Waals surface area contributed by atoms with Gasteiger partial charge in [-0.3, -0.25) is 14.0 Å². The van der Waals surface area contributed by atoms with Crippen molar-refractivity contribution in [2.45, 2.75) is 116 Å². The third-order valence-corrected chi connectivity index (χ3v) is 6.79. The lowest BCUT2D eigenvalue weighted by atomic mass is 10.0. The van der Waals surface area contributed by atoms with E-state index < -0.39 is 5.97 Å². The van der Waals surface area contributed by atoms with E-state index in [0.717, 1.165) is 51.5 Å². The number of aromatic amines is 1. The van der Waals surface area contributed by atoms with E-state index in [4.69, 9.17) is 15.6 Å². The second-order valence-electron chi connectivity index (χ2n) is 10.2. The number of aromatic nitrogens is 7. The largest absolute Gasteiger partial charge is 0.481 e. The number of anilines is 1. The molecule has 4 N–H and O–H groups in total. The van der Waals surface area contributed by atoms with Crippen molar-refractivity contribution in [3.63, 3.8) is 0 Å². The Balaban J connectivity index is 1.33. The summed E-state index contributed by atoms with van der Waals surface area (Å²) >= 11 is 0. The van der Waals surface area contributed by atoms with Crippen molar-refractivity contribution >= 4 is 23.0 Å². The van der Waals surface area contributed by atoms with Gasteiger partial charge in [0.15, 0.2) is 11.5 Å². The molecule has 0 aliphatic carbocycles. The molecule has 0 saturated heterocycles. The van der Waals surface area contributed by atoms with E-state index in [1.807, 2.05) is 10.9 Å². The number of H-pyrrole nitrogens is 1. The van der Waals surface area contributed by atoms with E-state index in [1.54, 1.807) is 0 Å². The van der Waals surface area contributed by atoms with Crippen molar-refractivity contribution in [2.75, 3.05) is 12.3 Å². The minimum Gasteiger partial charge on any atom is -0.481 e. The lowest BCUT2D eigenvalue weighted by Crippen LogP contribution is -2.18. The third kappa shape index (κ3) is 10.3. The van der Waals surface area contributed by atoms with Crippen LogP contribution in [0.25, 0.3) is 11.2 Å². The summed E-state index contributed by atoms with van der Waals surface area (Å²) in [6, 6.07) is 0.162. The molecule has 3 aromatic heterocycles. The van der Waals surface area contributed by atoms with Gasteiger partial charge in [-0.25, -0.2) is 4.79 Å². The highest BCUT2D eigenvalue weighted by Gasteiger charge is 2.16. The molecule has 0 aromatic carbocycles. The van der Waals surface area contributed by atoms with E-state index in [2.05, 4.69) is 32.2 Å². The Morgan fingerprint density at radius 2 is 1.62 bits per heavy atom. The van der Waals surface area contributed by atoms with E-state index >= 15 is 0 Å². The summed E-state index contributed by atoms with van der Waals surface area (Å²) in [6.07, 6.45) is 17.9. The van der Waals surface area contributed by atoms with Crippen LogP contribution in [-0.4, -0.2) is 52.2 Å². The minimum absolute atomic E-state index is 0.162. The van der Waals surface area contributed by atoms with Crippen LogP contribution in [-0.2, 0) is 17.9 Å². The Morgan fingerprint density at radius 3 is 2.26 bits per heavy atom. The van der Waals surface area contributed by atoms with Gasteiger partial charge in [-0.05, 0) is 19.3 Å². The first-order valence-corrected chi connectivity index (χ1v) is 14.5. The fourth-order valence-electron chi connectivity index (χ4n) is 4.55. The van der Waals surface area contributed by atoms with Crippen LogP contribution >= 0.6 is 0 Å². The van der Waals surface area contributed by atoms with Crippen LogP contribution in [0.3, 0.4) is 0 Å². The Bertz CT molecular complexity index is 1200. The lowest BCUT2D eigenvalue weighted by Gasteiger charge is -2.05. The van der Waals surface area contributed by atoms with Crippen molar-refractivity contribution in [3.8, 4) is 6.01 Å². The van der Waals surface area contributed by atoms with Crippen molar-refractivity contribution in [2.24, 2.45) is 0 Å². The number of aliphatic carboxylic acids is 1. The number of nitrogen functional groups attached to an aromatic ring is 1. The molecule has 0 bridgehead atoms. The van der Waals surface area contributed by atoms with Gasteiger partial charge >= 0.3 is 17.7 Å². The number of carboxylic acid groups (broad SMARTS) is 1. The molecule has 216 valence electrons. The quantitative estimate of drug-likeness (QED) is 0.161. The normalized spacial score (nSPS) is 11.4. The molecule has 0 aliphatic rings. The molecular formula is C27H44N8O4. The van der Waals surface area contributed by atoms with Crippen LogP contribution in [0, 0.1) is 0 Å². The standard InChI is InChI=1S/C27H44N8O4/c1-2-3-18-39-26-30-24(28)23-25(31-26)35(27(38)29-23)20-21-19-34(33-32-21)17-15-13-11-9-7-5-4-6-8-10-12-14-16-22(36)37/h19H,2-18,20H2,1H3,(H,29,38)(H,36,37)(H2,28,30,31).